The number of benzene rings is 1. The number of ether oxygens (including phenoxy) is 3. The zero-order chi connectivity index (χ0) is 34.2. The topological polar surface area (TPSA) is 85.9 Å². The van der Waals surface area contributed by atoms with Crippen molar-refractivity contribution < 1.29 is 98.4 Å². The summed E-state index contributed by atoms with van der Waals surface area (Å²) in [6.07, 6.45) is -10.5. The average molecular weight is 670 g/mol. The van der Waals surface area contributed by atoms with Gasteiger partial charge in [-0.05, 0) is 12.1 Å². The SMILES string of the molecule is COC(=O)Nc1ccc(OC(F)=C(F)C(F)(F)C(F)(F)C(F)(F)C(F)(F)C(F)(F)C(F)(F)C(F)(F)F)cc1NC(=O)OC. The molecule has 0 aromatic heterocycles. The van der Waals surface area contributed by atoms with Gasteiger partial charge in [0, 0.05) is 6.07 Å². The highest BCUT2D eigenvalue weighted by Crippen LogP contribution is 2.63. The third kappa shape index (κ3) is 6.26. The molecule has 0 aliphatic rings. The number of allylic oxidation sites excluding steroid dienone is 1. The zero-order valence-electron chi connectivity index (χ0n) is 20.2. The molecule has 0 saturated carbocycles. The number of anilines is 2. The van der Waals surface area contributed by atoms with Crippen LogP contribution in [0, 0.1) is 0 Å². The highest BCUT2D eigenvalue weighted by molar-refractivity contribution is 5.95. The minimum absolute atomic E-state index is 0.258. The van der Waals surface area contributed by atoms with Gasteiger partial charge in [-0.2, -0.15) is 74.6 Å². The molecule has 0 atom stereocenters. The Bertz CT molecular complexity index is 1250. The molecule has 2 amide bonds. The molecule has 0 fully saturated rings. The number of carbonyl (C=O) groups is 2. The zero-order valence-corrected chi connectivity index (χ0v) is 20.2. The van der Waals surface area contributed by atoms with Crippen molar-refractivity contribution in [2.75, 3.05) is 24.9 Å². The molecule has 0 radical (unpaired) electrons. The highest BCUT2D eigenvalue weighted by atomic mass is 19.4. The van der Waals surface area contributed by atoms with E-state index < -0.39 is 82.9 Å². The van der Waals surface area contributed by atoms with E-state index in [1.54, 1.807) is 5.32 Å². The fourth-order valence-corrected chi connectivity index (χ4v) is 2.50. The van der Waals surface area contributed by atoms with Crippen LogP contribution < -0.4 is 15.4 Å². The maximum atomic E-state index is 14.0. The fourth-order valence-electron chi connectivity index (χ4n) is 2.50. The second kappa shape index (κ2) is 11.7. The highest BCUT2D eigenvalue weighted by Gasteiger charge is 2.93. The van der Waals surface area contributed by atoms with E-state index in [0.717, 1.165) is 14.2 Å². The van der Waals surface area contributed by atoms with E-state index in [4.69, 9.17) is 0 Å². The molecule has 246 valence electrons. The van der Waals surface area contributed by atoms with Crippen LogP contribution in [0.1, 0.15) is 0 Å². The molecule has 7 nitrogen and oxygen atoms in total. The van der Waals surface area contributed by atoms with E-state index in [1.807, 2.05) is 5.32 Å². The molecule has 0 heterocycles. The fraction of sp³-hybridized carbons (Fsp3) is 0.474. The third-order valence-corrected chi connectivity index (χ3v) is 4.82. The lowest BCUT2D eigenvalue weighted by atomic mass is 9.91. The number of methoxy groups -OCH3 is 2. The Morgan fingerprint density at radius 2 is 1.00 bits per heavy atom. The minimum Gasteiger partial charge on any atom is -0.453 e. The van der Waals surface area contributed by atoms with Gasteiger partial charge in [0.1, 0.15) is 5.75 Å². The predicted molar refractivity (Wildman–Crippen MR) is 104 cm³/mol. The Kier molecular flexibility index (Phi) is 10.1. The van der Waals surface area contributed by atoms with Gasteiger partial charge in [0.25, 0.3) is 0 Å². The number of carbonyl (C=O) groups excluding carboxylic acids is 2. The van der Waals surface area contributed by atoms with E-state index in [2.05, 4.69) is 14.2 Å². The van der Waals surface area contributed by atoms with E-state index in [0.29, 0.717) is 12.1 Å². The first kappa shape index (κ1) is 37.1. The number of amides is 2. The summed E-state index contributed by atoms with van der Waals surface area (Å²) in [6.45, 7) is 0. The second-order valence-corrected chi connectivity index (χ2v) is 7.57. The lowest BCUT2D eigenvalue weighted by molar-refractivity contribution is -0.451. The molecule has 1 aromatic rings. The van der Waals surface area contributed by atoms with Gasteiger partial charge in [0.2, 0.25) is 5.83 Å². The first-order chi connectivity index (χ1) is 19.1. The van der Waals surface area contributed by atoms with E-state index in [9.17, 15) is 84.2 Å². The number of nitrogens with one attached hydrogen (secondary N) is 2. The molecule has 1 aromatic carbocycles. The van der Waals surface area contributed by atoms with Gasteiger partial charge in [-0.25, -0.2) is 9.59 Å². The maximum Gasteiger partial charge on any atom is 0.460 e. The van der Waals surface area contributed by atoms with E-state index in [-0.39, 0.29) is 6.07 Å². The maximum absolute atomic E-state index is 14.0. The number of halogens is 17. The number of alkyl halides is 15. The number of rotatable bonds is 10. The molecule has 0 aliphatic heterocycles. The molecule has 0 bridgehead atoms. The largest absolute Gasteiger partial charge is 0.460 e. The smallest absolute Gasteiger partial charge is 0.453 e. The molecular weight excluding hydrogens is 659 g/mol. The third-order valence-electron chi connectivity index (χ3n) is 4.82. The van der Waals surface area contributed by atoms with Crippen LogP contribution in [0.2, 0.25) is 0 Å². The van der Waals surface area contributed by atoms with Gasteiger partial charge in [-0.3, -0.25) is 10.6 Å². The van der Waals surface area contributed by atoms with Crippen molar-refractivity contribution in [3.63, 3.8) is 0 Å². The van der Waals surface area contributed by atoms with Gasteiger partial charge in [-0.15, -0.1) is 0 Å². The van der Waals surface area contributed by atoms with Gasteiger partial charge < -0.3 is 14.2 Å². The summed E-state index contributed by atoms with van der Waals surface area (Å²) in [5.74, 6) is -56.3. The summed E-state index contributed by atoms with van der Waals surface area (Å²) >= 11 is 0. The van der Waals surface area contributed by atoms with Crippen LogP contribution in [0.15, 0.2) is 30.0 Å². The Morgan fingerprint density at radius 1 is 0.605 bits per heavy atom. The van der Waals surface area contributed by atoms with Gasteiger partial charge in [0.05, 0.1) is 25.6 Å². The van der Waals surface area contributed by atoms with Crippen molar-refractivity contribution in [2.45, 2.75) is 41.7 Å². The lowest BCUT2D eigenvalue weighted by Crippen LogP contribution is -2.72. The standard InChI is InChI=1S/C19H11F17N2O5/c1-41-11(39)37-7-4-3-6(5-8(7)38-12(40)42-2)43-10(21)9(20)13(22,23)14(24,25)15(26,27)16(28,29)17(30,31)18(32,33)19(34,35)36/h3-5H,1-2H3,(H,37,39)(H,38,40). The molecule has 1 rings (SSSR count). The van der Waals surface area contributed by atoms with Crippen molar-refractivity contribution >= 4 is 23.6 Å². The van der Waals surface area contributed by atoms with Crippen LogP contribution in [-0.4, -0.2) is 68.1 Å². The van der Waals surface area contributed by atoms with Crippen LogP contribution in [0.25, 0.3) is 0 Å². The molecule has 0 spiro atoms. The summed E-state index contributed by atoms with van der Waals surface area (Å²) in [5, 5.41) is 3.63. The van der Waals surface area contributed by atoms with Crippen LogP contribution in [0.5, 0.6) is 5.75 Å². The Balaban J connectivity index is 3.62. The molecule has 0 aliphatic carbocycles. The first-order valence-electron chi connectivity index (χ1n) is 9.99. The normalized spacial score (nSPS) is 14.5. The van der Waals surface area contributed by atoms with Crippen molar-refractivity contribution in [1.82, 2.24) is 0 Å². The van der Waals surface area contributed by atoms with Crippen molar-refractivity contribution in [2.24, 2.45) is 0 Å². The molecule has 2 N–H and O–H groups in total. The Hall–Kier alpha value is -3.89. The quantitative estimate of drug-likeness (QED) is 0.195. The Morgan fingerprint density at radius 3 is 1.42 bits per heavy atom. The molecule has 24 heteroatoms. The number of hydrogen-bond acceptors (Lipinski definition) is 5. The van der Waals surface area contributed by atoms with Gasteiger partial charge in [-0.1, -0.05) is 0 Å². The van der Waals surface area contributed by atoms with Gasteiger partial charge >= 0.3 is 59.9 Å². The number of hydrogen-bond donors (Lipinski definition) is 2. The Labute approximate surface area is 225 Å². The van der Waals surface area contributed by atoms with E-state index in [1.165, 1.54) is 0 Å². The van der Waals surface area contributed by atoms with Crippen molar-refractivity contribution in [1.29, 1.82) is 0 Å². The van der Waals surface area contributed by atoms with Crippen molar-refractivity contribution in [3.8, 4) is 5.75 Å². The van der Waals surface area contributed by atoms with E-state index >= 15 is 0 Å². The average Bonchev–Trinajstić information content (AvgIpc) is 2.87. The van der Waals surface area contributed by atoms with Crippen LogP contribution >= 0.6 is 0 Å². The van der Waals surface area contributed by atoms with Crippen LogP contribution in [-0.2, 0) is 9.47 Å². The van der Waals surface area contributed by atoms with Crippen LogP contribution in [0.3, 0.4) is 0 Å². The molecule has 0 saturated heterocycles. The summed E-state index contributed by atoms with van der Waals surface area (Å²) < 4.78 is 239. The summed E-state index contributed by atoms with van der Waals surface area (Å²) in [7, 11) is 1.57. The molecular formula is C19H11F17N2O5. The monoisotopic (exact) mass is 670 g/mol. The summed E-state index contributed by atoms with van der Waals surface area (Å²) in [6, 6.07) is -2.55. The summed E-state index contributed by atoms with van der Waals surface area (Å²) in [5.41, 5.74) is -1.29. The minimum atomic E-state index is -8.72. The predicted octanol–water partition coefficient (Wildman–Crippen LogP) is 7.90. The summed E-state index contributed by atoms with van der Waals surface area (Å²) in [4.78, 5) is 22.7. The lowest BCUT2D eigenvalue weighted by Gasteiger charge is -2.41. The molecule has 43 heavy (non-hydrogen) atoms. The van der Waals surface area contributed by atoms with Crippen molar-refractivity contribution in [3.05, 3.63) is 30.0 Å². The first-order valence-corrected chi connectivity index (χ1v) is 9.99. The molecule has 0 unspecified atom stereocenters. The second-order valence-electron chi connectivity index (χ2n) is 7.57. The van der Waals surface area contributed by atoms with Crippen LogP contribution in [0.4, 0.5) is 95.6 Å². The van der Waals surface area contributed by atoms with Gasteiger partial charge in [0.15, 0.2) is 0 Å².